The number of H-pyrrole nitrogens is 1. The minimum absolute atomic E-state index is 0.120. The topological polar surface area (TPSA) is 56.4 Å². The zero-order valence-electron chi connectivity index (χ0n) is 14.7. The van der Waals surface area contributed by atoms with Crippen LogP contribution in [0, 0.1) is 6.92 Å². The number of aromatic nitrogens is 1. The molecule has 2 amide bonds. The molecule has 0 atom stereocenters. The Morgan fingerprint density at radius 2 is 1.64 bits per heavy atom. The number of hydrogen-bond acceptors (Lipinski definition) is 2. The maximum Gasteiger partial charge on any atom is 0.228 e. The van der Waals surface area contributed by atoms with Crippen molar-refractivity contribution in [2.75, 3.05) is 26.2 Å². The summed E-state index contributed by atoms with van der Waals surface area (Å²) in [6, 6.07) is 12.0. The Labute approximate surface area is 148 Å². The van der Waals surface area contributed by atoms with Crippen LogP contribution >= 0.6 is 0 Å². The zero-order chi connectivity index (χ0) is 17.6. The predicted molar refractivity (Wildman–Crippen MR) is 97.2 cm³/mol. The van der Waals surface area contributed by atoms with E-state index in [1.165, 1.54) is 11.1 Å². The molecule has 0 radical (unpaired) electrons. The summed E-state index contributed by atoms with van der Waals surface area (Å²) >= 11 is 0. The Morgan fingerprint density at radius 3 is 2.28 bits per heavy atom. The van der Waals surface area contributed by atoms with Gasteiger partial charge in [-0.1, -0.05) is 24.3 Å². The summed E-state index contributed by atoms with van der Waals surface area (Å²) in [6.07, 6.45) is 3.53. The summed E-state index contributed by atoms with van der Waals surface area (Å²) in [5.74, 6) is 0.300. The van der Waals surface area contributed by atoms with Gasteiger partial charge in [-0.2, -0.15) is 0 Å². The molecule has 5 nitrogen and oxygen atoms in total. The highest BCUT2D eigenvalue weighted by molar-refractivity contribution is 5.80. The van der Waals surface area contributed by atoms with Gasteiger partial charge in [0.1, 0.15) is 0 Å². The summed E-state index contributed by atoms with van der Waals surface area (Å²) in [6.45, 7) is 4.58. The molecule has 1 fully saturated rings. The lowest BCUT2D eigenvalue weighted by molar-refractivity contribution is -0.139. The Balaban J connectivity index is 1.44. The highest BCUT2D eigenvalue weighted by Crippen LogP contribution is 2.12. The lowest BCUT2D eigenvalue weighted by Gasteiger charge is -2.35. The third-order valence-corrected chi connectivity index (χ3v) is 4.86. The fourth-order valence-corrected chi connectivity index (χ4v) is 3.25. The molecule has 0 unspecified atom stereocenters. The van der Waals surface area contributed by atoms with Gasteiger partial charge in [0.25, 0.3) is 0 Å². The second-order valence-electron chi connectivity index (χ2n) is 6.56. The minimum atomic E-state index is 0.120. The van der Waals surface area contributed by atoms with Gasteiger partial charge in [-0.15, -0.1) is 0 Å². The quantitative estimate of drug-likeness (QED) is 0.908. The Hall–Kier alpha value is -2.56. The standard InChI is InChI=1S/C20H25N3O2/c1-16-5-2-3-6-17(16)8-9-19(24)22-11-13-23(14-12-22)20(25)15-18-7-4-10-21-18/h2-7,10,21H,8-9,11-15H2,1H3. The third kappa shape index (κ3) is 4.50. The maximum atomic E-state index is 12.4. The van der Waals surface area contributed by atoms with Crippen molar-refractivity contribution in [2.45, 2.75) is 26.2 Å². The highest BCUT2D eigenvalue weighted by atomic mass is 16.2. The van der Waals surface area contributed by atoms with Gasteiger partial charge in [0.15, 0.2) is 0 Å². The van der Waals surface area contributed by atoms with Crippen molar-refractivity contribution in [1.82, 2.24) is 14.8 Å². The smallest absolute Gasteiger partial charge is 0.228 e. The molecule has 0 saturated carbocycles. The average molecular weight is 339 g/mol. The second-order valence-corrected chi connectivity index (χ2v) is 6.56. The molecule has 3 rings (SSSR count). The van der Waals surface area contributed by atoms with E-state index in [0.29, 0.717) is 39.0 Å². The number of carbonyl (C=O) groups is 2. The van der Waals surface area contributed by atoms with Crippen molar-refractivity contribution in [1.29, 1.82) is 0 Å². The van der Waals surface area contributed by atoms with Gasteiger partial charge < -0.3 is 14.8 Å². The molecule has 0 spiro atoms. The number of carbonyl (C=O) groups excluding carboxylic acids is 2. The first-order valence-corrected chi connectivity index (χ1v) is 8.86. The van der Waals surface area contributed by atoms with Crippen LogP contribution in [-0.2, 0) is 22.4 Å². The summed E-state index contributed by atoms with van der Waals surface area (Å²) in [4.78, 5) is 31.5. The summed E-state index contributed by atoms with van der Waals surface area (Å²) in [5.41, 5.74) is 3.40. The minimum Gasteiger partial charge on any atom is -0.365 e. The molecule has 1 aromatic carbocycles. The lowest BCUT2D eigenvalue weighted by atomic mass is 10.0. The zero-order valence-corrected chi connectivity index (χ0v) is 14.7. The molecule has 1 aliphatic rings. The Bertz CT molecular complexity index is 716. The molecule has 0 aliphatic carbocycles. The Kier molecular flexibility index (Phi) is 5.53. The molecule has 1 N–H and O–H groups in total. The number of rotatable bonds is 5. The molecular weight excluding hydrogens is 314 g/mol. The first kappa shape index (κ1) is 17.3. The van der Waals surface area contributed by atoms with E-state index in [2.05, 4.69) is 24.0 Å². The van der Waals surface area contributed by atoms with Gasteiger partial charge in [0.05, 0.1) is 6.42 Å². The van der Waals surface area contributed by atoms with E-state index in [1.54, 1.807) is 0 Å². The van der Waals surface area contributed by atoms with E-state index >= 15 is 0 Å². The highest BCUT2D eigenvalue weighted by Gasteiger charge is 2.24. The molecule has 2 aromatic rings. The molecule has 0 bridgehead atoms. The molecular formula is C20H25N3O2. The van der Waals surface area contributed by atoms with Crippen LogP contribution in [0.2, 0.25) is 0 Å². The monoisotopic (exact) mass is 339 g/mol. The molecule has 2 heterocycles. The number of piperazine rings is 1. The first-order chi connectivity index (χ1) is 12.1. The van der Waals surface area contributed by atoms with Crippen LogP contribution in [0.1, 0.15) is 23.2 Å². The Morgan fingerprint density at radius 1 is 0.960 bits per heavy atom. The van der Waals surface area contributed by atoms with Gasteiger partial charge in [-0.05, 0) is 36.6 Å². The molecule has 5 heteroatoms. The average Bonchev–Trinajstić information content (AvgIpc) is 3.14. The fraction of sp³-hybridized carbons (Fsp3) is 0.400. The van der Waals surface area contributed by atoms with Crippen LogP contribution < -0.4 is 0 Å². The number of nitrogens with zero attached hydrogens (tertiary/aromatic N) is 2. The second kappa shape index (κ2) is 8.01. The normalized spacial score (nSPS) is 14.6. The fourth-order valence-electron chi connectivity index (χ4n) is 3.25. The van der Waals surface area contributed by atoms with E-state index in [0.717, 1.165) is 12.1 Å². The SMILES string of the molecule is Cc1ccccc1CCC(=O)N1CCN(C(=O)Cc2ccc[nH]2)CC1. The van der Waals surface area contributed by atoms with E-state index in [-0.39, 0.29) is 11.8 Å². The van der Waals surface area contributed by atoms with Gasteiger partial charge >= 0.3 is 0 Å². The van der Waals surface area contributed by atoms with Crippen molar-refractivity contribution >= 4 is 11.8 Å². The van der Waals surface area contributed by atoms with E-state index in [9.17, 15) is 9.59 Å². The molecule has 1 aromatic heterocycles. The van der Waals surface area contributed by atoms with Crippen molar-refractivity contribution in [2.24, 2.45) is 0 Å². The van der Waals surface area contributed by atoms with E-state index in [4.69, 9.17) is 0 Å². The van der Waals surface area contributed by atoms with Crippen molar-refractivity contribution in [3.05, 3.63) is 59.4 Å². The third-order valence-electron chi connectivity index (χ3n) is 4.86. The summed E-state index contributed by atoms with van der Waals surface area (Å²) in [7, 11) is 0. The molecule has 1 saturated heterocycles. The van der Waals surface area contributed by atoms with Crippen LogP contribution in [-0.4, -0.2) is 52.8 Å². The van der Waals surface area contributed by atoms with Crippen LogP contribution in [0.25, 0.3) is 0 Å². The number of aryl methyl sites for hydroxylation is 2. The van der Waals surface area contributed by atoms with E-state index < -0.39 is 0 Å². The predicted octanol–water partition coefficient (Wildman–Crippen LogP) is 2.17. The van der Waals surface area contributed by atoms with E-state index in [1.807, 2.05) is 40.3 Å². The number of nitrogens with one attached hydrogen (secondary N) is 1. The summed E-state index contributed by atoms with van der Waals surface area (Å²) in [5, 5.41) is 0. The number of hydrogen-bond donors (Lipinski definition) is 1. The van der Waals surface area contributed by atoms with Crippen molar-refractivity contribution in [3.8, 4) is 0 Å². The van der Waals surface area contributed by atoms with Gasteiger partial charge in [0.2, 0.25) is 11.8 Å². The number of amides is 2. The largest absolute Gasteiger partial charge is 0.365 e. The van der Waals surface area contributed by atoms with Crippen LogP contribution in [0.15, 0.2) is 42.6 Å². The molecule has 1 aliphatic heterocycles. The van der Waals surface area contributed by atoms with Gasteiger partial charge in [-0.25, -0.2) is 0 Å². The lowest BCUT2D eigenvalue weighted by Crippen LogP contribution is -2.51. The number of aromatic amines is 1. The first-order valence-electron chi connectivity index (χ1n) is 8.86. The summed E-state index contributed by atoms with van der Waals surface area (Å²) < 4.78 is 0. The molecule has 132 valence electrons. The van der Waals surface area contributed by atoms with Crippen LogP contribution in [0.5, 0.6) is 0 Å². The van der Waals surface area contributed by atoms with Gasteiger partial charge in [0, 0.05) is 44.5 Å². The van der Waals surface area contributed by atoms with Crippen LogP contribution in [0.4, 0.5) is 0 Å². The molecule has 25 heavy (non-hydrogen) atoms. The number of benzene rings is 1. The van der Waals surface area contributed by atoms with Crippen molar-refractivity contribution < 1.29 is 9.59 Å². The maximum absolute atomic E-state index is 12.4. The van der Waals surface area contributed by atoms with Crippen LogP contribution in [0.3, 0.4) is 0 Å². The van der Waals surface area contributed by atoms with Gasteiger partial charge in [-0.3, -0.25) is 9.59 Å². The van der Waals surface area contributed by atoms with Crippen molar-refractivity contribution in [3.63, 3.8) is 0 Å².